The molecule has 0 bridgehead atoms. The Morgan fingerprint density at radius 1 is 1.24 bits per heavy atom. The van der Waals surface area contributed by atoms with Gasteiger partial charge >= 0.3 is 0 Å². The van der Waals surface area contributed by atoms with Crippen LogP contribution in [-0.4, -0.2) is 17.4 Å². The van der Waals surface area contributed by atoms with E-state index in [1.165, 1.54) is 0 Å². The first kappa shape index (κ1) is 15.2. The fraction of sp³-hybridized carbons (Fsp3) is 0.294. The molecule has 21 heavy (non-hydrogen) atoms. The van der Waals surface area contributed by atoms with Gasteiger partial charge in [0.25, 0.3) is 5.91 Å². The summed E-state index contributed by atoms with van der Waals surface area (Å²) in [7, 11) is 0. The lowest BCUT2D eigenvalue weighted by Gasteiger charge is -2.09. The Labute approximate surface area is 125 Å². The highest BCUT2D eigenvalue weighted by molar-refractivity contribution is 6.03. The minimum Gasteiger partial charge on any atom is -0.321 e. The first-order valence-electron chi connectivity index (χ1n) is 7.23. The van der Waals surface area contributed by atoms with Gasteiger partial charge in [-0.3, -0.25) is 9.78 Å². The van der Waals surface area contributed by atoms with E-state index in [1.807, 2.05) is 43.3 Å². The van der Waals surface area contributed by atoms with Crippen molar-refractivity contribution in [3.8, 4) is 0 Å². The molecular formula is C17H21N3O. The molecule has 2 N–H and O–H groups in total. The predicted molar refractivity (Wildman–Crippen MR) is 85.4 cm³/mol. The number of benzene rings is 1. The Morgan fingerprint density at radius 2 is 2.10 bits per heavy atom. The number of amides is 1. The van der Waals surface area contributed by atoms with Crippen molar-refractivity contribution in [2.45, 2.75) is 26.8 Å². The van der Waals surface area contributed by atoms with E-state index in [2.05, 4.69) is 22.5 Å². The summed E-state index contributed by atoms with van der Waals surface area (Å²) in [6, 6.07) is 11.6. The van der Waals surface area contributed by atoms with Crippen LogP contribution in [0.25, 0.3) is 0 Å². The van der Waals surface area contributed by atoms with E-state index in [4.69, 9.17) is 0 Å². The van der Waals surface area contributed by atoms with Gasteiger partial charge < -0.3 is 10.6 Å². The third-order valence-electron chi connectivity index (χ3n) is 3.17. The van der Waals surface area contributed by atoms with Crippen molar-refractivity contribution in [3.05, 3.63) is 59.4 Å². The summed E-state index contributed by atoms with van der Waals surface area (Å²) in [6.45, 7) is 5.82. The predicted octanol–water partition coefficient (Wildman–Crippen LogP) is 3.14. The van der Waals surface area contributed by atoms with Crippen LogP contribution in [0.15, 0.2) is 42.6 Å². The molecule has 0 aliphatic heterocycles. The van der Waals surface area contributed by atoms with Crippen molar-refractivity contribution < 1.29 is 4.79 Å². The van der Waals surface area contributed by atoms with Crippen LogP contribution in [0.5, 0.6) is 0 Å². The molecule has 4 nitrogen and oxygen atoms in total. The molecule has 0 saturated carbocycles. The zero-order valence-electron chi connectivity index (χ0n) is 12.5. The Morgan fingerprint density at radius 3 is 2.86 bits per heavy atom. The largest absolute Gasteiger partial charge is 0.321 e. The maximum absolute atomic E-state index is 12.2. The molecule has 0 atom stereocenters. The molecule has 1 amide bonds. The summed E-state index contributed by atoms with van der Waals surface area (Å²) in [5.41, 5.74) is 3.28. The summed E-state index contributed by atoms with van der Waals surface area (Å²) >= 11 is 0. The summed E-state index contributed by atoms with van der Waals surface area (Å²) < 4.78 is 0. The second-order valence-corrected chi connectivity index (χ2v) is 5.00. The topological polar surface area (TPSA) is 54.0 Å². The molecule has 110 valence electrons. The normalized spacial score (nSPS) is 10.4. The zero-order valence-corrected chi connectivity index (χ0v) is 12.5. The number of aryl methyl sites for hydroxylation is 1. The van der Waals surface area contributed by atoms with Gasteiger partial charge in [0, 0.05) is 18.4 Å². The van der Waals surface area contributed by atoms with Crippen LogP contribution in [0.4, 0.5) is 5.69 Å². The van der Waals surface area contributed by atoms with Gasteiger partial charge in [-0.1, -0.05) is 25.1 Å². The Balaban J connectivity index is 2.04. The zero-order chi connectivity index (χ0) is 15.1. The van der Waals surface area contributed by atoms with E-state index in [9.17, 15) is 4.79 Å². The van der Waals surface area contributed by atoms with Crippen molar-refractivity contribution in [1.82, 2.24) is 10.3 Å². The number of carbonyl (C=O) groups excluding carboxylic acids is 1. The lowest BCUT2D eigenvalue weighted by molar-refractivity contribution is 0.102. The van der Waals surface area contributed by atoms with E-state index >= 15 is 0 Å². The Kier molecular flexibility index (Phi) is 5.46. The highest BCUT2D eigenvalue weighted by Crippen LogP contribution is 2.13. The summed E-state index contributed by atoms with van der Waals surface area (Å²) in [6.07, 6.45) is 2.74. The summed E-state index contributed by atoms with van der Waals surface area (Å²) in [5.74, 6) is -0.174. The van der Waals surface area contributed by atoms with E-state index in [1.54, 1.807) is 6.20 Å². The molecule has 0 spiro atoms. The van der Waals surface area contributed by atoms with Gasteiger partial charge in [0.1, 0.15) is 5.69 Å². The van der Waals surface area contributed by atoms with Crippen molar-refractivity contribution >= 4 is 11.6 Å². The Bertz CT molecular complexity index is 610. The van der Waals surface area contributed by atoms with Crippen LogP contribution in [0.3, 0.4) is 0 Å². The SMILES string of the molecule is CCCNCc1cccc(NC(=O)c2ncccc2C)c1. The standard InChI is InChI=1S/C17H21N3O/c1-3-9-18-12-14-7-4-8-15(11-14)20-17(21)16-13(2)6-5-10-19-16/h4-8,10-11,18H,3,9,12H2,1-2H3,(H,20,21). The molecule has 4 heteroatoms. The van der Waals surface area contributed by atoms with E-state index in [0.717, 1.165) is 36.3 Å². The van der Waals surface area contributed by atoms with Gasteiger partial charge in [0.05, 0.1) is 0 Å². The number of pyridine rings is 1. The molecule has 0 aliphatic rings. The first-order chi connectivity index (χ1) is 10.2. The van der Waals surface area contributed by atoms with Crippen LogP contribution in [0, 0.1) is 6.92 Å². The number of anilines is 1. The van der Waals surface area contributed by atoms with Crippen molar-refractivity contribution in [2.75, 3.05) is 11.9 Å². The third kappa shape index (κ3) is 4.39. The lowest BCUT2D eigenvalue weighted by Crippen LogP contribution is -2.16. The number of nitrogens with zero attached hydrogens (tertiary/aromatic N) is 1. The number of carbonyl (C=O) groups is 1. The van der Waals surface area contributed by atoms with Gasteiger partial charge in [-0.2, -0.15) is 0 Å². The molecule has 2 rings (SSSR count). The van der Waals surface area contributed by atoms with E-state index in [0.29, 0.717) is 5.69 Å². The molecule has 1 heterocycles. The molecule has 1 aromatic heterocycles. The van der Waals surface area contributed by atoms with Gasteiger partial charge in [-0.25, -0.2) is 0 Å². The lowest BCUT2D eigenvalue weighted by atomic mass is 10.1. The molecule has 0 fully saturated rings. The highest BCUT2D eigenvalue weighted by Gasteiger charge is 2.10. The second-order valence-electron chi connectivity index (χ2n) is 5.00. The minimum absolute atomic E-state index is 0.174. The fourth-order valence-electron chi connectivity index (χ4n) is 2.08. The molecular weight excluding hydrogens is 262 g/mol. The quantitative estimate of drug-likeness (QED) is 0.801. The number of hydrogen-bond donors (Lipinski definition) is 2. The van der Waals surface area contributed by atoms with E-state index < -0.39 is 0 Å². The monoisotopic (exact) mass is 283 g/mol. The Hall–Kier alpha value is -2.20. The summed E-state index contributed by atoms with van der Waals surface area (Å²) in [5, 5.41) is 6.25. The average molecular weight is 283 g/mol. The maximum Gasteiger partial charge on any atom is 0.274 e. The van der Waals surface area contributed by atoms with Gasteiger partial charge in [-0.05, 0) is 49.2 Å². The molecule has 0 aliphatic carbocycles. The average Bonchev–Trinajstić information content (AvgIpc) is 2.48. The number of nitrogens with one attached hydrogen (secondary N) is 2. The highest BCUT2D eigenvalue weighted by atomic mass is 16.1. The number of aromatic nitrogens is 1. The van der Waals surface area contributed by atoms with Crippen LogP contribution >= 0.6 is 0 Å². The van der Waals surface area contributed by atoms with Crippen LogP contribution < -0.4 is 10.6 Å². The molecule has 1 aromatic carbocycles. The van der Waals surface area contributed by atoms with Crippen molar-refractivity contribution in [2.24, 2.45) is 0 Å². The van der Waals surface area contributed by atoms with Crippen LogP contribution in [0.1, 0.15) is 35.0 Å². The first-order valence-corrected chi connectivity index (χ1v) is 7.23. The minimum atomic E-state index is -0.174. The number of rotatable bonds is 6. The van der Waals surface area contributed by atoms with Gasteiger partial charge in [0.15, 0.2) is 0 Å². The molecule has 0 unspecified atom stereocenters. The fourth-order valence-corrected chi connectivity index (χ4v) is 2.08. The number of hydrogen-bond acceptors (Lipinski definition) is 3. The molecule has 0 saturated heterocycles. The molecule has 0 radical (unpaired) electrons. The second kappa shape index (κ2) is 7.55. The summed E-state index contributed by atoms with van der Waals surface area (Å²) in [4.78, 5) is 16.4. The van der Waals surface area contributed by atoms with Crippen LogP contribution in [0.2, 0.25) is 0 Å². The van der Waals surface area contributed by atoms with Gasteiger partial charge in [-0.15, -0.1) is 0 Å². The third-order valence-corrected chi connectivity index (χ3v) is 3.17. The maximum atomic E-state index is 12.2. The van der Waals surface area contributed by atoms with Crippen molar-refractivity contribution in [1.29, 1.82) is 0 Å². The smallest absolute Gasteiger partial charge is 0.274 e. The van der Waals surface area contributed by atoms with E-state index in [-0.39, 0.29) is 5.91 Å². The van der Waals surface area contributed by atoms with Crippen LogP contribution in [-0.2, 0) is 6.54 Å². The molecule has 2 aromatic rings. The van der Waals surface area contributed by atoms with Crippen molar-refractivity contribution in [3.63, 3.8) is 0 Å². The van der Waals surface area contributed by atoms with Gasteiger partial charge in [0.2, 0.25) is 0 Å².